The molecule has 11 heavy (non-hydrogen) atoms. The summed E-state index contributed by atoms with van der Waals surface area (Å²) in [5, 5.41) is 17.3. The third-order valence-corrected chi connectivity index (χ3v) is 1.04. The molecule has 6 heteroatoms. The van der Waals surface area contributed by atoms with Crippen molar-refractivity contribution in [3.05, 3.63) is 12.4 Å². The van der Waals surface area contributed by atoms with Gasteiger partial charge in [0.25, 0.3) is 0 Å². The first-order valence-corrected chi connectivity index (χ1v) is 2.75. The molecular weight excluding hydrogens is 147 g/mol. The van der Waals surface area contributed by atoms with Crippen molar-refractivity contribution in [1.82, 2.24) is 9.97 Å². The molecule has 0 bridgehead atoms. The maximum Gasteiger partial charge on any atom is 0.491 e. The van der Waals surface area contributed by atoms with Gasteiger partial charge in [0, 0.05) is 17.9 Å². The number of nitrogens with zero attached hydrogens (tertiary/aromatic N) is 2. The minimum absolute atomic E-state index is 0.0582. The highest BCUT2D eigenvalue weighted by Gasteiger charge is 2.11. The summed E-state index contributed by atoms with van der Waals surface area (Å²) in [5.41, 5.74) is 0.0582. The lowest BCUT2D eigenvalue weighted by Crippen LogP contribution is -2.30. The standard InChI is InChI=1S/C5H7BN2O3/c1-11-5-7-2-4(3-8-5)6(9)10/h2-3,9-10H,1H3/i1D3. The summed E-state index contributed by atoms with van der Waals surface area (Å²) in [5.74, 6) is 0. The zero-order valence-electron chi connectivity index (χ0n) is 8.43. The van der Waals surface area contributed by atoms with Gasteiger partial charge in [0.2, 0.25) is 0 Å². The van der Waals surface area contributed by atoms with E-state index in [1.54, 1.807) is 0 Å². The summed E-state index contributed by atoms with van der Waals surface area (Å²) in [6.45, 7) is 0. The molecule has 0 radical (unpaired) electrons. The van der Waals surface area contributed by atoms with Crippen LogP contribution in [0.15, 0.2) is 12.4 Å². The van der Waals surface area contributed by atoms with Gasteiger partial charge in [0.15, 0.2) is 0 Å². The van der Waals surface area contributed by atoms with Crippen LogP contribution in [0.4, 0.5) is 0 Å². The van der Waals surface area contributed by atoms with E-state index in [0.29, 0.717) is 0 Å². The predicted molar refractivity (Wildman–Crippen MR) is 38.4 cm³/mol. The molecular formula is C5H7BN2O3. The first-order valence-electron chi connectivity index (χ1n) is 4.25. The van der Waals surface area contributed by atoms with Gasteiger partial charge in [-0.05, 0) is 0 Å². The molecule has 1 rings (SSSR count). The van der Waals surface area contributed by atoms with Crippen molar-refractivity contribution in [3.63, 3.8) is 0 Å². The Hall–Kier alpha value is -1.14. The van der Waals surface area contributed by atoms with Gasteiger partial charge in [0.1, 0.15) is 0 Å². The Bertz CT molecular complexity index is 302. The van der Waals surface area contributed by atoms with Crippen LogP contribution in [0.1, 0.15) is 4.11 Å². The van der Waals surface area contributed by atoms with E-state index in [2.05, 4.69) is 14.7 Å². The van der Waals surface area contributed by atoms with Crippen LogP contribution in [0.3, 0.4) is 0 Å². The lowest BCUT2D eigenvalue weighted by molar-refractivity contribution is 0.379. The van der Waals surface area contributed by atoms with Crippen molar-refractivity contribution in [2.75, 3.05) is 7.04 Å². The number of hydrogen-bond donors (Lipinski definition) is 2. The average molecular weight is 157 g/mol. The number of methoxy groups -OCH3 is 1. The van der Waals surface area contributed by atoms with Crippen LogP contribution < -0.4 is 10.2 Å². The van der Waals surface area contributed by atoms with Gasteiger partial charge in [-0.15, -0.1) is 0 Å². The number of ether oxygens (including phenoxy) is 1. The molecule has 0 aliphatic rings. The molecule has 0 unspecified atom stereocenters. The van der Waals surface area contributed by atoms with Crippen LogP contribution >= 0.6 is 0 Å². The quantitative estimate of drug-likeness (QED) is 0.493. The van der Waals surface area contributed by atoms with E-state index in [0.717, 1.165) is 12.4 Å². The monoisotopic (exact) mass is 157 g/mol. The molecule has 0 fully saturated rings. The Labute approximate surface area is 68.0 Å². The van der Waals surface area contributed by atoms with E-state index in [1.165, 1.54) is 0 Å². The molecule has 2 N–H and O–H groups in total. The lowest BCUT2D eigenvalue weighted by atomic mass is 9.83. The molecule has 1 aromatic rings. The summed E-state index contributed by atoms with van der Waals surface area (Å²) in [6, 6.07) is -0.339. The molecule has 0 spiro atoms. The fraction of sp³-hybridized carbons (Fsp3) is 0.200. The SMILES string of the molecule is [2H]C([2H])([2H])Oc1ncc(B(O)O)cn1. The van der Waals surface area contributed by atoms with Crippen LogP contribution in [0, 0.1) is 0 Å². The van der Waals surface area contributed by atoms with Crippen LogP contribution in [0.25, 0.3) is 0 Å². The van der Waals surface area contributed by atoms with E-state index < -0.39 is 14.2 Å². The Morgan fingerprint density at radius 3 is 2.64 bits per heavy atom. The highest BCUT2D eigenvalue weighted by atomic mass is 16.5. The summed E-state index contributed by atoms with van der Waals surface area (Å²) >= 11 is 0. The first kappa shape index (κ1) is 4.68. The van der Waals surface area contributed by atoms with E-state index in [1.807, 2.05) is 0 Å². The normalized spacial score (nSPS) is 14.5. The number of hydrogen-bond acceptors (Lipinski definition) is 5. The van der Waals surface area contributed by atoms with Crippen molar-refractivity contribution in [2.24, 2.45) is 0 Å². The minimum Gasteiger partial charge on any atom is -0.467 e. The molecule has 0 aliphatic carbocycles. The van der Waals surface area contributed by atoms with E-state index in [4.69, 9.17) is 14.2 Å². The van der Waals surface area contributed by atoms with E-state index in [-0.39, 0.29) is 11.5 Å². The first-order chi connectivity index (χ1) is 6.38. The van der Waals surface area contributed by atoms with Crippen LogP contribution in [0.2, 0.25) is 0 Å². The molecule has 0 aromatic carbocycles. The van der Waals surface area contributed by atoms with Gasteiger partial charge >= 0.3 is 13.1 Å². The topological polar surface area (TPSA) is 75.5 Å². The second kappa shape index (κ2) is 3.31. The number of rotatable bonds is 2. The molecule has 0 saturated carbocycles. The smallest absolute Gasteiger partial charge is 0.467 e. The highest BCUT2D eigenvalue weighted by molar-refractivity contribution is 6.58. The van der Waals surface area contributed by atoms with Crippen LogP contribution in [-0.2, 0) is 0 Å². The maximum absolute atomic E-state index is 8.67. The maximum atomic E-state index is 8.67. The summed E-state index contributed by atoms with van der Waals surface area (Å²) < 4.78 is 24.6. The van der Waals surface area contributed by atoms with Gasteiger partial charge in [-0.2, -0.15) is 0 Å². The van der Waals surface area contributed by atoms with Crippen molar-refractivity contribution in [2.45, 2.75) is 0 Å². The van der Waals surface area contributed by atoms with Crippen molar-refractivity contribution < 1.29 is 18.9 Å². The van der Waals surface area contributed by atoms with Crippen molar-refractivity contribution in [3.8, 4) is 6.01 Å². The molecule has 0 saturated heterocycles. The molecule has 0 aliphatic heterocycles. The zero-order chi connectivity index (χ0) is 10.8. The van der Waals surface area contributed by atoms with Gasteiger partial charge in [-0.25, -0.2) is 9.97 Å². The van der Waals surface area contributed by atoms with E-state index >= 15 is 0 Å². The molecule has 0 atom stereocenters. The van der Waals surface area contributed by atoms with Crippen molar-refractivity contribution in [1.29, 1.82) is 0 Å². The average Bonchev–Trinajstić information content (AvgIpc) is 2.02. The van der Waals surface area contributed by atoms with Crippen LogP contribution in [0.5, 0.6) is 6.01 Å². The summed E-state index contributed by atoms with van der Waals surface area (Å²) in [6.07, 6.45) is 2.14. The van der Waals surface area contributed by atoms with E-state index in [9.17, 15) is 0 Å². The lowest BCUT2D eigenvalue weighted by Gasteiger charge is -1.98. The van der Waals surface area contributed by atoms with Gasteiger partial charge in [-0.1, -0.05) is 0 Å². The Balaban J connectivity index is 2.74. The molecule has 0 amide bonds. The largest absolute Gasteiger partial charge is 0.491 e. The van der Waals surface area contributed by atoms with Crippen molar-refractivity contribution >= 4 is 12.6 Å². The molecule has 1 heterocycles. The predicted octanol–water partition coefficient (Wildman–Crippen LogP) is -1.84. The molecule has 58 valence electrons. The fourth-order valence-corrected chi connectivity index (χ4v) is 0.512. The van der Waals surface area contributed by atoms with Gasteiger partial charge in [-0.3, -0.25) is 0 Å². The Morgan fingerprint density at radius 1 is 1.55 bits per heavy atom. The Morgan fingerprint density at radius 2 is 2.18 bits per heavy atom. The third-order valence-electron chi connectivity index (χ3n) is 1.04. The highest BCUT2D eigenvalue weighted by Crippen LogP contribution is 1.93. The molecule has 5 nitrogen and oxygen atoms in total. The number of aromatic nitrogens is 2. The van der Waals surface area contributed by atoms with Gasteiger partial charge < -0.3 is 14.8 Å². The fourth-order valence-electron chi connectivity index (χ4n) is 0.512. The minimum atomic E-state index is -2.61. The third kappa shape index (κ3) is 1.89. The van der Waals surface area contributed by atoms with Crippen LogP contribution in [-0.4, -0.2) is 34.2 Å². The summed E-state index contributed by atoms with van der Waals surface area (Å²) in [7, 11) is -4.30. The zero-order valence-corrected chi connectivity index (χ0v) is 5.43. The second-order valence-corrected chi connectivity index (χ2v) is 1.77. The summed E-state index contributed by atoms with van der Waals surface area (Å²) in [4.78, 5) is 6.94. The molecule has 1 aromatic heterocycles. The Kier molecular flexibility index (Phi) is 1.41. The second-order valence-electron chi connectivity index (χ2n) is 1.77. The van der Waals surface area contributed by atoms with Gasteiger partial charge in [0.05, 0.1) is 11.2 Å².